The molecule has 3 heterocycles. The summed E-state index contributed by atoms with van der Waals surface area (Å²) < 4.78 is 0. The van der Waals surface area contributed by atoms with Gasteiger partial charge in [-0.2, -0.15) is 5.26 Å². The molecule has 4 rings (SSSR count). The van der Waals surface area contributed by atoms with Gasteiger partial charge in [0.25, 0.3) is 5.56 Å². The molecule has 0 spiro atoms. The predicted molar refractivity (Wildman–Crippen MR) is 118 cm³/mol. The van der Waals surface area contributed by atoms with Crippen LogP contribution >= 0.6 is 11.3 Å². The second-order valence-corrected chi connectivity index (χ2v) is 8.62. The summed E-state index contributed by atoms with van der Waals surface area (Å²) >= 11 is 1.75. The van der Waals surface area contributed by atoms with Gasteiger partial charge in [0.1, 0.15) is 11.6 Å². The van der Waals surface area contributed by atoms with Crippen LogP contribution in [-0.4, -0.2) is 22.3 Å². The number of fused-ring (bicyclic) bond motifs is 1. The molecule has 30 heavy (non-hydrogen) atoms. The summed E-state index contributed by atoms with van der Waals surface area (Å²) in [6.07, 6.45) is 1.70. The van der Waals surface area contributed by atoms with Crippen molar-refractivity contribution in [3.05, 3.63) is 90.5 Å². The van der Waals surface area contributed by atoms with Crippen molar-refractivity contribution in [2.24, 2.45) is 0 Å². The van der Waals surface area contributed by atoms with Crippen LogP contribution in [0.3, 0.4) is 0 Å². The molecule has 1 aromatic carbocycles. The number of nitrogens with one attached hydrogen (secondary N) is 1. The number of thiophene rings is 1. The Morgan fingerprint density at radius 2 is 2.03 bits per heavy atom. The van der Waals surface area contributed by atoms with Gasteiger partial charge in [0.15, 0.2) is 0 Å². The molecule has 1 unspecified atom stereocenters. The van der Waals surface area contributed by atoms with Crippen molar-refractivity contribution in [3.63, 3.8) is 0 Å². The Morgan fingerprint density at radius 3 is 2.77 bits per heavy atom. The summed E-state index contributed by atoms with van der Waals surface area (Å²) in [5, 5.41) is 11.4. The summed E-state index contributed by atoms with van der Waals surface area (Å²) in [6.45, 7) is 4.30. The van der Waals surface area contributed by atoms with Gasteiger partial charge in [-0.15, -0.1) is 11.3 Å². The number of rotatable bonds is 4. The molecule has 2 aromatic heterocycles. The van der Waals surface area contributed by atoms with Gasteiger partial charge in [0, 0.05) is 23.5 Å². The van der Waals surface area contributed by atoms with E-state index in [1.54, 1.807) is 18.3 Å². The summed E-state index contributed by atoms with van der Waals surface area (Å²) in [5.74, 6) is 0.0872. The van der Waals surface area contributed by atoms with Crippen molar-refractivity contribution < 1.29 is 4.79 Å². The number of benzene rings is 1. The third kappa shape index (κ3) is 3.57. The number of nitrogens with zero attached hydrogens (tertiary/aromatic N) is 2. The Balaban J connectivity index is 1.61. The monoisotopic (exact) mass is 417 g/mol. The van der Waals surface area contributed by atoms with Crippen LogP contribution in [0.5, 0.6) is 0 Å². The van der Waals surface area contributed by atoms with E-state index in [2.05, 4.69) is 28.6 Å². The second-order valence-electron chi connectivity index (χ2n) is 7.62. The molecular formula is C24H23N3O2S. The van der Waals surface area contributed by atoms with Crippen molar-refractivity contribution in [3.8, 4) is 6.07 Å². The van der Waals surface area contributed by atoms with Gasteiger partial charge in [-0.25, -0.2) is 0 Å². The van der Waals surface area contributed by atoms with Gasteiger partial charge in [-0.3, -0.25) is 9.59 Å². The molecule has 0 fully saturated rings. The summed E-state index contributed by atoms with van der Waals surface area (Å²) in [5.41, 5.74) is 4.37. The molecule has 1 aliphatic heterocycles. The van der Waals surface area contributed by atoms with Crippen molar-refractivity contribution >= 4 is 17.2 Å². The van der Waals surface area contributed by atoms with Gasteiger partial charge in [0.05, 0.1) is 6.04 Å². The molecule has 6 heteroatoms. The van der Waals surface area contributed by atoms with Crippen LogP contribution in [0.4, 0.5) is 0 Å². The maximum absolute atomic E-state index is 13.3. The first-order valence-electron chi connectivity index (χ1n) is 10.0. The molecule has 0 aliphatic carbocycles. The van der Waals surface area contributed by atoms with E-state index in [4.69, 9.17) is 0 Å². The highest BCUT2D eigenvalue weighted by Crippen LogP contribution is 2.38. The van der Waals surface area contributed by atoms with Crippen LogP contribution in [0.25, 0.3) is 0 Å². The van der Waals surface area contributed by atoms with Crippen LogP contribution < -0.4 is 5.56 Å². The standard InChI is InChI=1S/C24H23N3O2S/c1-15-18(16(2)26-24(29)20(15)14-25)8-9-22(28)27-12-10-21-19(11-13-30-21)23(27)17-6-4-3-5-7-17/h3-7,11,13,23H,8-10,12H2,1-2H3,(H,26,29). The number of carbonyl (C=O) groups excluding carboxylic acids is 1. The fraction of sp³-hybridized carbons (Fsp3) is 0.292. The summed E-state index contributed by atoms with van der Waals surface area (Å²) in [6, 6.07) is 14.2. The molecule has 1 N–H and O–H groups in total. The average Bonchev–Trinajstić information content (AvgIpc) is 3.22. The van der Waals surface area contributed by atoms with E-state index in [0.29, 0.717) is 24.9 Å². The van der Waals surface area contributed by atoms with Crippen LogP contribution in [-0.2, 0) is 17.6 Å². The summed E-state index contributed by atoms with van der Waals surface area (Å²) in [7, 11) is 0. The molecule has 0 radical (unpaired) electrons. The molecule has 0 saturated carbocycles. The fourth-order valence-electron chi connectivity index (χ4n) is 4.38. The number of amides is 1. The SMILES string of the molecule is Cc1[nH]c(=O)c(C#N)c(C)c1CCC(=O)N1CCc2sccc2C1c1ccccc1. The number of nitriles is 1. The van der Waals surface area contributed by atoms with Gasteiger partial charge in [-0.05, 0) is 60.4 Å². The maximum atomic E-state index is 13.3. The minimum atomic E-state index is -0.368. The van der Waals surface area contributed by atoms with Crippen LogP contribution in [0, 0.1) is 25.2 Å². The van der Waals surface area contributed by atoms with E-state index in [0.717, 1.165) is 23.2 Å². The van der Waals surface area contributed by atoms with E-state index < -0.39 is 0 Å². The Bertz CT molecular complexity index is 1190. The lowest BCUT2D eigenvalue weighted by atomic mass is 9.92. The zero-order chi connectivity index (χ0) is 21.3. The first-order chi connectivity index (χ1) is 14.5. The number of aromatic amines is 1. The van der Waals surface area contributed by atoms with Gasteiger partial charge in [-0.1, -0.05) is 30.3 Å². The largest absolute Gasteiger partial charge is 0.331 e. The highest BCUT2D eigenvalue weighted by atomic mass is 32.1. The number of aryl methyl sites for hydroxylation is 1. The van der Waals surface area contributed by atoms with E-state index >= 15 is 0 Å². The first-order valence-corrected chi connectivity index (χ1v) is 10.9. The lowest BCUT2D eigenvalue weighted by Crippen LogP contribution is -2.40. The van der Waals surface area contributed by atoms with Crippen molar-refractivity contribution in [2.45, 2.75) is 39.2 Å². The fourth-order valence-corrected chi connectivity index (χ4v) is 5.28. The minimum absolute atomic E-state index is 0.0684. The number of hydrogen-bond donors (Lipinski definition) is 1. The quantitative estimate of drug-likeness (QED) is 0.696. The van der Waals surface area contributed by atoms with Crippen molar-refractivity contribution in [1.29, 1.82) is 5.26 Å². The third-order valence-electron chi connectivity index (χ3n) is 5.91. The molecular weight excluding hydrogens is 394 g/mol. The van der Waals surface area contributed by atoms with Crippen molar-refractivity contribution in [2.75, 3.05) is 6.54 Å². The lowest BCUT2D eigenvalue weighted by molar-refractivity contribution is -0.133. The first kappa shape index (κ1) is 20.1. The maximum Gasteiger partial charge on any atom is 0.266 e. The summed E-state index contributed by atoms with van der Waals surface area (Å²) in [4.78, 5) is 31.4. The number of pyridine rings is 1. The van der Waals surface area contributed by atoms with Crippen LogP contribution in [0.2, 0.25) is 0 Å². The zero-order valence-corrected chi connectivity index (χ0v) is 17.9. The Hall–Kier alpha value is -3.17. The Kier molecular flexibility index (Phi) is 5.56. The van der Waals surface area contributed by atoms with Crippen molar-refractivity contribution in [1.82, 2.24) is 9.88 Å². The minimum Gasteiger partial charge on any atom is -0.331 e. The highest BCUT2D eigenvalue weighted by Gasteiger charge is 2.32. The van der Waals surface area contributed by atoms with Gasteiger partial charge >= 0.3 is 0 Å². The van der Waals surface area contributed by atoms with Crippen LogP contribution in [0.1, 0.15) is 50.9 Å². The molecule has 0 bridgehead atoms. The second kappa shape index (κ2) is 8.29. The predicted octanol–water partition coefficient (Wildman–Crippen LogP) is 4.03. The van der Waals surface area contributed by atoms with E-state index in [1.165, 1.54) is 10.4 Å². The Labute approximate surface area is 179 Å². The molecule has 1 atom stereocenters. The lowest BCUT2D eigenvalue weighted by Gasteiger charge is -2.36. The normalized spacial score (nSPS) is 15.5. The van der Waals surface area contributed by atoms with Crippen LogP contribution in [0.15, 0.2) is 46.6 Å². The number of carbonyl (C=O) groups is 1. The highest BCUT2D eigenvalue weighted by molar-refractivity contribution is 7.10. The molecule has 3 aromatic rings. The number of hydrogen-bond acceptors (Lipinski definition) is 4. The molecule has 152 valence electrons. The van der Waals surface area contributed by atoms with Gasteiger partial charge < -0.3 is 9.88 Å². The van der Waals surface area contributed by atoms with E-state index in [-0.39, 0.29) is 23.1 Å². The average molecular weight is 418 g/mol. The smallest absolute Gasteiger partial charge is 0.266 e. The van der Waals surface area contributed by atoms with E-state index in [9.17, 15) is 14.9 Å². The topological polar surface area (TPSA) is 77.0 Å². The molecule has 1 amide bonds. The number of H-pyrrole nitrogens is 1. The molecule has 1 aliphatic rings. The molecule has 0 saturated heterocycles. The number of aromatic nitrogens is 1. The zero-order valence-electron chi connectivity index (χ0n) is 17.1. The van der Waals surface area contributed by atoms with Gasteiger partial charge in [0.2, 0.25) is 5.91 Å². The third-order valence-corrected chi connectivity index (χ3v) is 6.91. The Morgan fingerprint density at radius 1 is 1.27 bits per heavy atom. The molecule has 5 nitrogen and oxygen atoms in total. The van der Waals surface area contributed by atoms with E-state index in [1.807, 2.05) is 36.1 Å².